The lowest BCUT2D eigenvalue weighted by Gasteiger charge is -2.24. The third-order valence-corrected chi connectivity index (χ3v) is 10.5. The average molecular weight is 751 g/mol. The van der Waals surface area contributed by atoms with E-state index in [0.717, 1.165) is 63.4 Å². The maximum Gasteiger partial charge on any atom is 0.0464 e. The second kappa shape index (κ2) is 18.7. The van der Waals surface area contributed by atoms with Crippen molar-refractivity contribution < 1.29 is 0 Å². The van der Waals surface area contributed by atoms with E-state index >= 15 is 0 Å². The predicted octanol–water partition coefficient (Wildman–Crippen LogP) is 15.2. The lowest BCUT2D eigenvalue weighted by Crippen LogP contribution is -2.18. The van der Waals surface area contributed by atoms with Gasteiger partial charge in [-0.05, 0) is 124 Å². The smallest absolute Gasteiger partial charge is 0.0464 e. The second-order valence-corrected chi connectivity index (χ2v) is 14.5. The molecule has 0 radical (unpaired) electrons. The third-order valence-electron chi connectivity index (χ3n) is 10.5. The molecule has 1 heterocycles. The summed E-state index contributed by atoms with van der Waals surface area (Å²) >= 11 is 0. The van der Waals surface area contributed by atoms with Crippen molar-refractivity contribution in [3.05, 3.63) is 254 Å². The number of rotatable bonds is 10. The summed E-state index contributed by atoms with van der Waals surface area (Å²) in [5.74, 6) is 0. The fourth-order valence-corrected chi connectivity index (χ4v) is 7.18. The lowest BCUT2D eigenvalue weighted by molar-refractivity contribution is 0.945. The molecule has 0 saturated heterocycles. The van der Waals surface area contributed by atoms with E-state index in [1.165, 1.54) is 39.0 Å². The van der Waals surface area contributed by atoms with Crippen LogP contribution in [0.15, 0.2) is 231 Å². The number of para-hydroxylation sites is 1. The van der Waals surface area contributed by atoms with Crippen LogP contribution in [0.1, 0.15) is 35.6 Å². The van der Waals surface area contributed by atoms with Crippen molar-refractivity contribution in [2.24, 2.45) is 0 Å². The Morgan fingerprint density at radius 2 is 1.33 bits per heavy atom. The summed E-state index contributed by atoms with van der Waals surface area (Å²) in [7, 11) is 0. The highest BCUT2D eigenvalue weighted by Crippen LogP contribution is 2.37. The molecule has 7 rings (SSSR count). The highest BCUT2D eigenvalue weighted by Gasteiger charge is 2.16. The summed E-state index contributed by atoms with van der Waals surface area (Å²) in [6.45, 7) is 18.4. The molecule has 0 bridgehead atoms. The average Bonchev–Trinajstić information content (AvgIpc) is 3.30. The predicted molar refractivity (Wildman–Crippen MR) is 253 cm³/mol. The fourth-order valence-electron chi connectivity index (χ4n) is 7.18. The minimum atomic E-state index is 0.746. The number of allylic oxidation sites excluding steroid dienone is 11. The van der Waals surface area contributed by atoms with Crippen LogP contribution in [0, 0.1) is 6.92 Å². The normalized spacial score (nSPS) is 15.7. The zero-order valence-electron chi connectivity index (χ0n) is 33.5. The Bertz CT molecular complexity index is 2560. The van der Waals surface area contributed by atoms with Crippen LogP contribution in [0.25, 0.3) is 39.0 Å². The van der Waals surface area contributed by atoms with Gasteiger partial charge in [-0.15, -0.1) is 0 Å². The van der Waals surface area contributed by atoms with Gasteiger partial charge in [0.15, 0.2) is 0 Å². The maximum atomic E-state index is 4.60. The number of anilines is 3. The monoisotopic (exact) mass is 750 g/mol. The molecule has 6 aromatic carbocycles. The van der Waals surface area contributed by atoms with E-state index in [2.05, 4.69) is 208 Å². The number of nitrogens with zero attached hydrogens (tertiary/aromatic N) is 1. The molecule has 0 atom stereocenters. The van der Waals surface area contributed by atoms with E-state index in [9.17, 15) is 0 Å². The second-order valence-electron chi connectivity index (χ2n) is 14.5. The van der Waals surface area contributed by atoms with Crippen molar-refractivity contribution >= 4 is 33.8 Å². The Hall–Kier alpha value is -7.16. The van der Waals surface area contributed by atoms with Crippen molar-refractivity contribution in [1.82, 2.24) is 0 Å². The summed E-state index contributed by atoms with van der Waals surface area (Å²) in [4.78, 5) is 2.34. The van der Waals surface area contributed by atoms with Crippen LogP contribution in [0.5, 0.6) is 0 Å². The van der Waals surface area contributed by atoms with Gasteiger partial charge in [0, 0.05) is 35.4 Å². The van der Waals surface area contributed by atoms with Crippen LogP contribution in [0.3, 0.4) is 0 Å². The van der Waals surface area contributed by atoms with E-state index in [4.69, 9.17) is 0 Å². The Morgan fingerprint density at radius 3 is 2.05 bits per heavy atom. The third kappa shape index (κ3) is 9.61. The Labute approximate surface area is 345 Å². The lowest BCUT2D eigenvalue weighted by atomic mass is 9.92. The first-order valence-electron chi connectivity index (χ1n) is 19.9. The van der Waals surface area contributed by atoms with Gasteiger partial charge in [-0.25, -0.2) is 0 Å². The van der Waals surface area contributed by atoms with Crippen molar-refractivity contribution in [3.8, 4) is 22.3 Å². The van der Waals surface area contributed by atoms with E-state index in [0.29, 0.717) is 0 Å². The molecule has 1 aliphatic rings. The van der Waals surface area contributed by atoms with Crippen LogP contribution < -0.4 is 10.2 Å². The molecular weight excluding hydrogens is 701 g/mol. The summed E-state index contributed by atoms with van der Waals surface area (Å²) in [5, 5.41) is 3.66. The van der Waals surface area contributed by atoms with Gasteiger partial charge < -0.3 is 10.2 Å². The SMILES string of the molecule is C=C1/C=C\C=C/N(c2ccc(-c3ccc(C)cc3)c(-c3ccccc3)c2)CC/C(c2ccc(Nc3ccccc3)c(C(=C)/C=C\C(=CC)c3ccccc3)c2)=C\C1=C. The van der Waals surface area contributed by atoms with Crippen molar-refractivity contribution in [1.29, 1.82) is 0 Å². The molecule has 0 amide bonds. The molecule has 0 aromatic heterocycles. The van der Waals surface area contributed by atoms with Crippen LogP contribution in [-0.2, 0) is 0 Å². The molecule has 0 aliphatic carbocycles. The largest absolute Gasteiger partial charge is 0.355 e. The van der Waals surface area contributed by atoms with Gasteiger partial charge in [-0.1, -0.05) is 177 Å². The Morgan fingerprint density at radius 1 is 0.655 bits per heavy atom. The van der Waals surface area contributed by atoms with E-state index in [1.54, 1.807) is 0 Å². The quantitative estimate of drug-likeness (QED) is 0.140. The van der Waals surface area contributed by atoms with Gasteiger partial charge >= 0.3 is 0 Å². The summed E-state index contributed by atoms with van der Waals surface area (Å²) < 4.78 is 0. The van der Waals surface area contributed by atoms with Gasteiger partial charge in [0.25, 0.3) is 0 Å². The molecule has 6 aromatic rings. The van der Waals surface area contributed by atoms with Crippen molar-refractivity contribution in [3.63, 3.8) is 0 Å². The molecule has 1 aliphatic heterocycles. The molecule has 284 valence electrons. The van der Waals surface area contributed by atoms with Crippen molar-refractivity contribution in [2.75, 3.05) is 16.8 Å². The van der Waals surface area contributed by atoms with Gasteiger partial charge in [-0.2, -0.15) is 0 Å². The first-order chi connectivity index (χ1) is 28.4. The summed E-state index contributed by atoms with van der Waals surface area (Å²) in [6, 6.07) is 53.7. The van der Waals surface area contributed by atoms with Crippen LogP contribution in [-0.4, -0.2) is 6.54 Å². The molecule has 0 fully saturated rings. The minimum absolute atomic E-state index is 0.746. The summed E-state index contributed by atoms with van der Waals surface area (Å²) in [6.07, 6.45) is 17.7. The topological polar surface area (TPSA) is 15.3 Å². The minimum Gasteiger partial charge on any atom is -0.355 e. The number of aryl methyl sites for hydroxylation is 1. The summed E-state index contributed by atoms with van der Waals surface area (Å²) in [5.41, 5.74) is 17.4. The van der Waals surface area contributed by atoms with Crippen LogP contribution in [0.2, 0.25) is 0 Å². The van der Waals surface area contributed by atoms with Gasteiger partial charge in [-0.3, -0.25) is 0 Å². The van der Waals surface area contributed by atoms with E-state index < -0.39 is 0 Å². The fraction of sp³-hybridized carbons (Fsp3) is 0.0714. The standard InChI is InChI=1S/C56H50N2/c1-6-45(46-19-10-7-11-20-46)30-27-43(4)54-39-49(31-34-56(54)57-51-23-14-9-15-24-51)50-35-37-58(36-17-16-18-42(3)44(5)38-50)52-32-33-53(48-28-25-41(2)26-29-48)55(40-52)47-21-12-8-13-22-47/h6-34,36,38-40,57H,3-5,35,37H2,1-2H3/b18-16-,30-27-,36-17-,45-6?,50-38+. The first-order valence-corrected chi connectivity index (χ1v) is 19.9. The maximum absolute atomic E-state index is 4.60. The molecule has 2 nitrogen and oxygen atoms in total. The first kappa shape index (κ1) is 39.1. The number of benzene rings is 6. The molecular formula is C56H50N2. The van der Waals surface area contributed by atoms with Gasteiger partial charge in [0.05, 0.1) is 0 Å². The van der Waals surface area contributed by atoms with Crippen LogP contribution in [0.4, 0.5) is 17.1 Å². The molecule has 2 heteroatoms. The number of hydrogen-bond donors (Lipinski definition) is 1. The van der Waals surface area contributed by atoms with Crippen LogP contribution >= 0.6 is 0 Å². The molecule has 58 heavy (non-hydrogen) atoms. The van der Waals surface area contributed by atoms with Gasteiger partial charge in [0.2, 0.25) is 0 Å². The molecule has 0 unspecified atom stereocenters. The Balaban J connectivity index is 1.26. The molecule has 1 N–H and O–H groups in total. The molecule has 0 saturated carbocycles. The zero-order chi connectivity index (χ0) is 40.3. The highest BCUT2D eigenvalue weighted by molar-refractivity contribution is 5.89. The molecule has 0 spiro atoms. The van der Waals surface area contributed by atoms with E-state index in [-0.39, 0.29) is 0 Å². The highest BCUT2D eigenvalue weighted by atomic mass is 15.1. The Kier molecular flexibility index (Phi) is 12.6. The number of hydrogen-bond acceptors (Lipinski definition) is 2. The van der Waals surface area contributed by atoms with Crippen molar-refractivity contribution in [2.45, 2.75) is 20.3 Å². The zero-order valence-corrected chi connectivity index (χ0v) is 33.5. The van der Waals surface area contributed by atoms with E-state index in [1.807, 2.05) is 36.4 Å². The van der Waals surface area contributed by atoms with Gasteiger partial charge in [0.1, 0.15) is 0 Å². The number of nitrogens with one attached hydrogen (secondary N) is 1.